The van der Waals surface area contributed by atoms with Crippen LogP contribution in [-0.4, -0.2) is 45.1 Å². The lowest BCUT2D eigenvalue weighted by atomic mass is 9.99. The van der Waals surface area contributed by atoms with E-state index in [1.165, 1.54) is 23.7 Å². The number of benzene rings is 1. The summed E-state index contributed by atoms with van der Waals surface area (Å²) in [7, 11) is 0. The van der Waals surface area contributed by atoms with Crippen LogP contribution in [0.3, 0.4) is 0 Å². The van der Waals surface area contributed by atoms with Crippen LogP contribution in [-0.2, 0) is 9.59 Å². The standard InChI is InChI=1S/C21H26N2O2S2/c1-3-17-6-4-5-12-22(17)19(24)11-13-23-20(25)18(27-21(23)26)14-16-9-7-15(2)8-10-16/h7-10,14,17H,3-6,11-13H2,1-2H3/b18-14+/t17-/m1/s1. The molecule has 2 heterocycles. The molecule has 1 aromatic rings. The smallest absolute Gasteiger partial charge is 0.266 e. The average molecular weight is 403 g/mol. The molecule has 6 heteroatoms. The maximum Gasteiger partial charge on any atom is 0.266 e. The second-order valence-electron chi connectivity index (χ2n) is 7.14. The first-order chi connectivity index (χ1) is 13.0. The number of hydrogen-bond donors (Lipinski definition) is 0. The predicted octanol–water partition coefficient (Wildman–Crippen LogP) is 4.38. The molecule has 2 aliphatic heterocycles. The first-order valence-electron chi connectivity index (χ1n) is 9.61. The Bertz CT molecular complexity index is 758. The van der Waals surface area contributed by atoms with Gasteiger partial charge in [-0.3, -0.25) is 14.5 Å². The quantitative estimate of drug-likeness (QED) is 0.541. The molecule has 0 radical (unpaired) electrons. The number of rotatable bonds is 5. The molecule has 27 heavy (non-hydrogen) atoms. The van der Waals surface area contributed by atoms with Crippen LogP contribution in [0.5, 0.6) is 0 Å². The molecule has 0 bridgehead atoms. The molecule has 144 valence electrons. The van der Waals surface area contributed by atoms with Gasteiger partial charge in [0.15, 0.2) is 0 Å². The SMILES string of the molecule is CC[C@@H]1CCCCN1C(=O)CCN1C(=O)/C(=C\c2ccc(C)cc2)SC1=S. The molecule has 0 unspecified atom stereocenters. The molecular weight excluding hydrogens is 376 g/mol. The number of hydrogen-bond acceptors (Lipinski definition) is 4. The molecule has 2 aliphatic rings. The summed E-state index contributed by atoms with van der Waals surface area (Å²) < 4.78 is 0.539. The van der Waals surface area contributed by atoms with Crippen LogP contribution < -0.4 is 0 Å². The Kier molecular flexibility index (Phi) is 6.71. The van der Waals surface area contributed by atoms with Crippen LogP contribution in [0.25, 0.3) is 6.08 Å². The van der Waals surface area contributed by atoms with Gasteiger partial charge in [0.1, 0.15) is 4.32 Å². The van der Waals surface area contributed by atoms with E-state index >= 15 is 0 Å². The van der Waals surface area contributed by atoms with Gasteiger partial charge in [-0.15, -0.1) is 0 Å². The number of likely N-dealkylation sites (tertiary alicyclic amines) is 1. The van der Waals surface area contributed by atoms with E-state index < -0.39 is 0 Å². The lowest BCUT2D eigenvalue weighted by molar-refractivity contribution is -0.135. The maximum absolute atomic E-state index is 12.7. The van der Waals surface area contributed by atoms with Crippen LogP contribution in [0.2, 0.25) is 0 Å². The zero-order valence-corrected chi connectivity index (χ0v) is 17.6. The number of piperidine rings is 1. The zero-order valence-electron chi connectivity index (χ0n) is 15.9. The third-order valence-corrected chi connectivity index (χ3v) is 6.59. The number of carbonyl (C=O) groups is 2. The van der Waals surface area contributed by atoms with Crippen LogP contribution in [0, 0.1) is 6.92 Å². The van der Waals surface area contributed by atoms with Crippen molar-refractivity contribution in [2.45, 2.75) is 52.0 Å². The molecule has 2 fully saturated rings. The Hall–Kier alpha value is -1.66. The Morgan fingerprint density at radius 2 is 2.04 bits per heavy atom. The minimum absolute atomic E-state index is 0.0935. The summed E-state index contributed by atoms with van der Waals surface area (Å²) in [5.41, 5.74) is 2.16. The average Bonchev–Trinajstić information content (AvgIpc) is 2.94. The normalized spacial score (nSPS) is 22.0. The van der Waals surface area contributed by atoms with Crippen molar-refractivity contribution in [1.29, 1.82) is 0 Å². The van der Waals surface area contributed by atoms with Crippen molar-refractivity contribution < 1.29 is 9.59 Å². The molecule has 0 saturated carbocycles. The number of thioether (sulfide) groups is 1. The van der Waals surface area contributed by atoms with E-state index in [0.29, 0.717) is 28.2 Å². The van der Waals surface area contributed by atoms with E-state index in [9.17, 15) is 9.59 Å². The molecule has 3 rings (SSSR count). The number of amides is 2. The highest BCUT2D eigenvalue weighted by Gasteiger charge is 2.33. The lowest BCUT2D eigenvalue weighted by Gasteiger charge is -2.35. The first kappa shape index (κ1) is 20.1. The summed E-state index contributed by atoms with van der Waals surface area (Å²) in [5, 5.41) is 0. The maximum atomic E-state index is 12.7. The molecule has 2 amide bonds. The summed E-state index contributed by atoms with van der Waals surface area (Å²) in [4.78, 5) is 29.6. The highest BCUT2D eigenvalue weighted by atomic mass is 32.2. The summed E-state index contributed by atoms with van der Waals surface area (Å²) in [6.45, 7) is 5.37. The largest absolute Gasteiger partial charge is 0.340 e. The molecular formula is C21H26N2O2S2. The number of carbonyl (C=O) groups excluding carboxylic acids is 2. The van der Waals surface area contributed by atoms with Gasteiger partial charge in [0, 0.05) is 25.6 Å². The van der Waals surface area contributed by atoms with Crippen molar-refractivity contribution in [3.63, 3.8) is 0 Å². The van der Waals surface area contributed by atoms with Gasteiger partial charge in [0.05, 0.1) is 4.91 Å². The second kappa shape index (κ2) is 9.02. The molecule has 1 atom stereocenters. The Morgan fingerprint density at radius 1 is 1.30 bits per heavy atom. The summed E-state index contributed by atoms with van der Waals surface area (Å²) >= 11 is 6.71. The third kappa shape index (κ3) is 4.79. The topological polar surface area (TPSA) is 40.6 Å². The molecule has 0 aliphatic carbocycles. The fraction of sp³-hybridized carbons (Fsp3) is 0.476. The Balaban J connectivity index is 1.62. The van der Waals surface area contributed by atoms with E-state index in [1.807, 2.05) is 42.2 Å². The van der Waals surface area contributed by atoms with Gasteiger partial charge in [-0.2, -0.15) is 0 Å². The van der Waals surface area contributed by atoms with Crippen LogP contribution in [0.4, 0.5) is 0 Å². The molecule has 0 aromatic heterocycles. The summed E-state index contributed by atoms with van der Waals surface area (Å²) in [6, 6.07) is 8.38. The van der Waals surface area contributed by atoms with E-state index in [4.69, 9.17) is 12.2 Å². The number of thiocarbonyl (C=S) groups is 1. The van der Waals surface area contributed by atoms with E-state index in [0.717, 1.165) is 31.4 Å². The van der Waals surface area contributed by atoms with Crippen molar-refractivity contribution in [2.24, 2.45) is 0 Å². The minimum Gasteiger partial charge on any atom is -0.340 e. The summed E-state index contributed by atoms with van der Waals surface area (Å²) in [6.07, 6.45) is 6.55. The van der Waals surface area contributed by atoms with Gasteiger partial charge in [-0.25, -0.2) is 0 Å². The van der Waals surface area contributed by atoms with Crippen molar-refractivity contribution >= 4 is 46.2 Å². The fourth-order valence-corrected chi connectivity index (χ4v) is 4.92. The lowest BCUT2D eigenvalue weighted by Crippen LogP contribution is -2.44. The second-order valence-corrected chi connectivity index (χ2v) is 8.81. The Labute approximate surface area is 171 Å². The predicted molar refractivity (Wildman–Crippen MR) is 115 cm³/mol. The van der Waals surface area contributed by atoms with Gasteiger partial charge in [0.2, 0.25) is 5.91 Å². The molecule has 4 nitrogen and oxygen atoms in total. The van der Waals surface area contributed by atoms with Gasteiger partial charge >= 0.3 is 0 Å². The van der Waals surface area contributed by atoms with Crippen LogP contribution in [0.1, 0.15) is 50.2 Å². The van der Waals surface area contributed by atoms with Gasteiger partial charge in [-0.05, 0) is 44.2 Å². The van der Waals surface area contributed by atoms with E-state index in [1.54, 1.807) is 4.90 Å². The molecule has 1 aromatic carbocycles. The third-order valence-electron chi connectivity index (χ3n) is 5.22. The van der Waals surface area contributed by atoms with Crippen LogP contribution >= 0.6 is 24.0 Å². The van der Waals surface area contributed by atoms with Crippen LogP contribution in [0.15, 0.2) is 29.2 Å². The van der Waals surface area contributed by atoms with Gasteiger partial charge < -0.3 is 4.90 Å². The van der Waals surface area contributed by atoms with E-state index in [-0.39, 0.29) is 11.8 Å². The summed E-state index contributed by atoms with van der Waals surface area (Å²) in [5.74, 6) is 0.0437. The van der Waals surface area contributed by atoms with Crippen molar-refractivity contribution in [3.05, 3.63) is 40.3 Å². The number of nitrogens with zero attached hydrogens (tertiary/aromatic N) is 2. The van der Waals surface area contributed by atoms with Crippen molar-refractivity contribution in [2.75, 3.05) is 13.1 Å². The highest BCUT2D eigenvalue weighted by molar-refractivity contribution is 8.26. The molecule has 2 saturated heterocycles. The van der Waals surface area contributed by atoms with E-state index in [2.05, 4.69) is 6.92 Å². The molecule has 0 N–H and O–H groups in total. The highest BCUT2D eigenvalue weighted by Crippen LogP contribution is 2.33. The Morgan fingerprint density at radius 3 is 2.74 bits per heavy atom. The van der Waals surface area contributed by atoms with Crippen molar-refractivity contribution in [1.82, 2.24) is 9.80 Å². The monoisotopic (exact) mass is 402 g/mol. The number of aryl methyl sites for hydroxylation is 1. The van der Waals surface area contributed by atoms with Gasteiger partial charge in [0.25, 0.3) is 5.91 Å². The zero-order chi connectivity index (χ0) is 19.4. The van der Waals surface area contributed by atoms with Crippen molar-refractivity contribution in [3.8, 4) is 0 Å². The first-order valence-corrected chi connectivity index (χ1v) is 10.8. The molecule has 0 spiro atoms. The fourth-order valence-electron chi connectivity index (χ4n) is 3.61. The van der Waals surface area contributed by atoms with Gasteiger partial charge in [-0.1, -0.05) is 60.7 Å². The minimum atomic E-state index is -0.0935.